The van der Waals surface area contributed by atoms with Gasteiger partial charge in [0, 0.05) is 25.3 Å². The minimum atomic E-state index is -3.82. The third kappa shape index (κ3) is 5.02. The largest absolute Gasteiger partial charge is 0.480 e. The van der Waals surface area contributed by atoms with Crippen LogP contribution in [0.5, 0.6) is 0 Å². The molecular weight excluding hydrogens is 362 g/mol. The van der Waals surface area contributed by atoms with E-state index in [1.54, 1.807) is 7.05 Å². The summed E-state index contributed by atoms with van der Waals surface area (Å²) >= 11 is 0. The molecule has 1 aromatic heterocycles. The Balaban J connectivity index is 1.82. The summed E-state index contributed by atoms with van der Waals surface area (Å²) in [6, 6.07) is -0.898. The Morgan fingerprint density at radius 2 is 2.12 bits per heavy atom. The summed E-state index contributed by atoms with van der Waals surface area (Å²) in [5.41, 5.74) is 0. The van der Waals surface area contributed by atoms with Gasteiger partial charge in [-0.05, 0) is 26.3 Å². The Bertz CT molecular complexity index is 756. The highest BCUT2D eigenvalue weighted by molar-refractivity contribution is 7.89. The van der Waals surface area contributed by atoms with Crippen LogP contribution in [-0.2, 0) is 26.7 Å². The molecule has 11 heteroatoms. The molecule has 0 saturated heterocycles. The van der Waals surface area contributed by atoms with Crippen LogP contribution in [0, 0.1) is 0 Å². The summed E-state index contributed by atoms with van der Waals surface area (Å²) in [5.74, 6) is -1.29. The van der Waals surface area contributed by atoms with Gasteiger partial charge in [-0.1, -0.05) is 6.92 Å². The maximum Gasteiger partial charge on any atom is 0.317 e. The highest BCUT2D eigenvalue weighted by Gasteiger charge is 2.35. The number of sulfonamides is 1. The SMILES string of the molecule is CCN(CC(=O)O)C1CC(NC(=O)C(C)NS(=O)(=O)c2cnn(C)c2)C1. The molecule has 1 saturated carbocycles. The number of carbonyl (C=O) groups excluding carboxylic acids is 1. The number of carboxylic acids is 1. The molecule has 1 amide bonds. The van der Waals surface area contributed by atoms with Crippen LogP contribution in [0.25, 0.3) is 0 Å². The van der Waals surface area contributed by atoms with E-state index in [1.807, 2.05) is 11.8 Å². The zero-order chi connectivity index (χ0) is 19.5. The first kappa shape index (κ1) is 20.3. The van der Waals surface area contributed by atoms with Gasteiger partial charge in [0.15, 0.2) is 0 Å². The van der Waals surface area contributed by atoms with E-state index in [4.69, 9.17) is 5.11 Å². The predicted octanol–water partition coefficient (Wildman–Crippen LogP) is -0.859. The van der Waals surface area contributed by atoms with E-state index in [9.17, 15) is 18.0 Å². The van der Waals surface area contributed by atoms with Crippen molar-refractivity contribution in [2.75, 3.05) is 13.1 Å². The van der Waals surface area contributed by atoms with Crippen LogP contribution in [0.2, 0.25) is 0 Å². The number of aliphatic carboxylic acids is 1. The summed E-state index contributed by atoms with van der Waals surface area (Å²) in [5, 5.41) is 15.5. The van der Waals surface area contributed by atoms with E-state index in [0.717, 1.165) is 0 Å². The summed E-state index contributed by atoms with van der Waals surface area (Å²) in [4.78, 5) is 24.9. The molecule has 2 rings (SSSR count). The summed E-state index contributed by atoms with van der Waals surface area (Å²) < 4.78 is 28.1. The number of rotatable bonds is 9. The molecule has 0 radical (unpaired) electrons. The molecule has 0 aliphatic heterocycles. The van der Waals surface area contributed by atoms with Crippen molar-refractivity contribution in [3.8, 4) is 0 Å². The van der Waals surface area contributed by atoms with Crippen LogP contribution >= 0.6 is 0 Å². The van der Waals surface area contributed by atoms with Crippen molar-refractivity contribution < 1.29 is 23.1 Å². The Morgan fingerprint density at radius 1 is 1.46 bits per heavy atom. The number of amides is 1. The molecule has 1 aromatic rings. The Kier molecular flexibility index (Phi) is 6.37. The van der Waals surface area contributed by atoms with Crippen molar-refractivity contribution in [2.24, 2.45) is 7.05 Å². The standard InChI is InChI=1S/C15H25N5O5S/c1-4-20(9-14(21)22)12-5-11(6-12)17-15(23)10(2)18-26(24,25)13-7-16-19(3)8-13/h7-8,10-12,18H,4-6,9H2,1-3H3,(H,17,23)(H,21,22). The smallest absolute Gasteiger partial charge is 0.317 e. The van der Waals surface area contributed by atoms with E-state index < -0.39 is 27.9 Å². The highest BCUT2D eigenvalue weighted by atomic mass is 32.2. The van der Waals surface area contributed by atoms with Gasteiger partial charge in [-0.2, -0.15) is 9.82 Å². The molecular formula is C15H25N5O5S. The van der Waals surface area contributed by atoms with Gasteiger partial charge < -0.3 is 10.4 Å². The Morgan fingerprint density at radius 3 is 2.62 bits per heavy atom. The lowest BCUT2D eigenvalue weighted by molar-refractivity contribution is -0.139. The van der Waals surface area contributed by atoms with Crippen molar-refractivity contribution >= 4 is 21.9 Å². The number of carboxylic acid groups (broad SMARTS) is 1. The molecule has 1 heterocycles. The first-order chi connectivity index (χ1) is 12.1. The molecule has 26 heavy (non-hydrogen) atoms. The maximum absolute atomic E-state index is 12.2. The molecule has 0 spiro atoms. The number of carbonyl (C=O) groups is 2. The second-order valence-electron chi connectivity index (χ2n) is 6.48. The fraction of sp³-hybridized carbons (Fsp3) is 0.667. The van der Waals surface area contributed by atoms with Gasteiger partial charge in [0.2, 0.25) is 15.9 Å². The fourth-order valence-electron chi connectivity index (χ4n) is 2.89. The first-order valence-electron chi connectivity index (χ1n) is 8.39. The molecule has 3 N–H and O–H groups in total. The minimum absolute atomic E-state index is 0.00406. The van der Waals surface area contributed by atoms with Crippen LogP contribution in [-0.4, -0.2) is 71.3 Å². The van der Waals surface area contributed by atoms with Gasteiger partial charge in [-0.3, -0.25) is 19.2 Å². The lowest BCUT2D eigenvalue weighted by Crippen LogP contribution is -2.57. The van der Waals surface area contributed by atoms with Gasteiger partial charge in [-0.15, -0.1) is 0 Å². The van der Waals surface area contributed by atoms with Crippen LogP contribution in [0.15, 0.2) is 17.3 Å². The molecule has 1 fully saturated rings. The summed E-state index contributed by atoms with van der Waals surface area (Å²) in [7, 11) is -2.21. The molecule has 1 atom stereocenters. The number of aromatic nitrogens is 2. The molecule has 1 aliphatic rings. The predicted molar refractivity (Wildman–Crippen MR) is 92.8 cm³/mol. The molecule has 1 unspecified atom stereocenters. The molecule has 146 valence electrons. The highest BCUT2D eigenvalue weighted by Crippen LogP contribution is 2.25. The maximum atomic E-state index is 12.2. The number of aryl methyl sites for hydroxylation is 1. The van der Waals surface area contributed by atoms with Crippen LogP contribution in [0.4, 0.5) is 0 Å². The average molecular weight is 387 g/mol. The van der Waals surface area contributed by atoms with Crippen molar-refractivity contribution in [1.29, 1.82) is 0 Å². The van der Waals surface area contributed by atoms with E-state index in [-0.39, 0.29) is 23.5 Å². The van der Waals surface area contributed by atoms with Gasteiger partial charge in [0.05, 0.1) is 18.8 Å². The van der Waals surface area contributed by atoms with E-state index in [2.05, 4.69) is 15.1 Å². The van der Waals surface area contributed by atoms with Crippen molar-refractivity contribution in [3.05, 3.63) is 12.4 Å². The van der Waals surface area contributed by atoms with Crippen molar-refractivity contribution in [3.63, 3.8) is 0 Å². The van der Waals surface area contributed by atoms with Gasteiger partial charge in [-0.25, -0.2) is 8.42 Å². The lowest BCUT2D eigenvalue weighted by atomic mass is 9.85. The second-order valence-corrected chi connectivity index (χ2v) is 8.19. The van der Waals surface area contributed by atoms with E-state index >= 15 is 0 Å². The van der Waals surface area contributed by atoms with E-state index in [1.165, 1.54) is 24.0 Å². The van der Waals surface area contributed by atoms with Gasteiger partial charge >= 0.3 is 5.97 Å². The number of hydrogen-bond acceptors (Lipinski definition) is 6. The normalized spacial score (nSPS) is 21.2. The van der Waals surface area contributed by atoms with E-state index in [0.29, 0.717) is 19.4 Å². The zero-order valence-electron chi connectivity index (χ0n) is 15.0. The number of nitrogens with zero attached hydrogens (tertiary/aromatic N) is 3. The monoisotopic (exact) mass is 387 g/mol. The molecule has 10 nitrogen and oxygen atoms in total. The number of hydrogen-bond donors (Lipinski definition) is 3. The zero-order valence-corrected chi connectivity index (χ0v) is 15.9. The van der Waals surface area contributed by atoms with Crippen molar-refractivity contribution in [1.82, 2.24) is 24.7 Å². The second kappa shape index (κ2) is 8.14. The summed E-state index contributed by atoms with van der Waals surface area (Å²) in [6.07, 6.45) is 3.86. The van der Waals surface area contributed by atoms with Gasteiger partial charge in [0.1, 0.15) is 4.90 Å². The Hall–Kier alpha value is -1.98. The van der Waals surface area contributed by atoms with Crippen molar-refractivity contribution in [2.45, 2.75) is 49.7 Å². The number of nitrogens with one attached hydrogen (secondary N) is 2. The molecule has 0 bridgehead atoms. The van der Waals surface area contributed by atoms with Crippen LogP contribution < -0.4 is 10.0 Å². The lowest BCUT2D eigenvalue weighted by Gasteiger charge is -2.42. The van der Waals surface area contributed by atoms with Crippen LogP contribution in [0.3, 0.4) is 0 Å². The fourth-order valence-corrected chi connectivity index (χ4v) is 4.08. The molecule has 1 aliphatic carbocycles. The minimum Gasteiger partial charge on any atom is -0.480 e. The topological polar surface area (TPSA) is 134 Å². The van der Waals surface area contributed by atoms with Gasteiger partial charge in [0.25, 0.3) is 0 Å². The average Bonchev–Trinajstić information content (AvgIpc) is 2.95. The number of likely N-dealkylation sites (N-methyl/N-ethyl adjacent to an activating group) is 1. The quantitative estimate of drug-likeness (QED) is 0.502. The third-order valence-electron chi connectivity index (χ3n) is 4.44. The first-order valence-corrected chi connectivity index (χ1v) is 9.88. The Labute approximate surface area is 152 Å². The third-order valence-corrected chi connectivity index (χ3v) is 5.93. The van der Waals surface area contributed by atoms with Crippen LogP contribution in [0.1, 0.15) is 26.7 Å². The summed E-state index contributed by atoms with van der Waals surface area (Å²) in [6.45, 7) is 3.97. The molecule has 0 aromatic carbocycles.